The quantitative estimate of drug-likeness (QED) is 0.574. The van der Waals surface area contributed by atoms with Crippen molar-refractivity contribution in [3.05, 3.63) is 30.3 Å². The van der Waals surface area contributed by atoms with Crippen LogP contribution in [0.2, 0.25) is 0 Å². The smallest absolute Gasteiger partial charge is 0.0192 e. The second-order valence-corrected chi connectivity index (χ2v) is 6.28. The van der Waals surface area contributed by atoms with Gasteiger partial charge in [-0.1, -0.05) is 18.2 Å². The maximum absolute atomic E-state index is 3.56. The van der Waals surface area contributed by atoms with Crippen molar-refractivity contribution in [1.29, 1.82) is 0 Å². The average molecular weight is 264 g/mol. The second-order valence-electron chi connectivity index (χ2n) is 5.11. The third-order valence-corrected chi connectivity index (χ3v) is 4.56. The predicted octanol–water partition coefficient (Wildman–Crippen LogP) is 2.85. The Morgan fingerprint density at radius 2 is 2.06 bits per heavy atom. The highest BCUT2D eigenvalue weighted by Gasteiger charge is 2.28. The summed E-state index contributed by atoms with van der Waals surface area (Å²) in [6.07, 6.45) is 2.79. The molecule has 1 atom stereocenters. The first-order chi connectivity index (χ1) is 8.77. The van der Waals surface area contributed by atoms with Gasteiger partial charge in [-0.05, 0) is 38.9 Å². The van der Waals surface area contributed by atoms with Crippen molar-refractivity contribution in [2.45, 2.75) is 36.7 Å². The van der Waals surface area contributed by atoms with E-state index in [0.717, 1.165) is 24.9 Å². The lowest BCUT2D eigenvalue weighted by atomic mass is 10.3. The third-order valence-electron chi connectivity index (χ3n) is 3.55. The molecule has 100 valence electrons. The molecule has 0 aromatic heterocycles. The second kappa shape index (κ2) is 7.17. The topological polar surface area (TPSA) is 15.3 Å². The standard InChI is InChI=1S/C15H24N2S/c1-13(17(2)14-8-9-14)12-16-10-11-18-15-6-4-3-5-7-15/h3-7,13-14,16H,8-12H2,1-2H3. The van der Waals surface area contributed by atoms with Gasteiger partial charge in [0.1, 0.15) is 0 Å². The molecule has 1 unspecified atom stereocenters. The maximum atomic E-state index is 3.56. The van der Waals surface area contributed by atoms with Gasteiger partial charge in [-0.3, -0.25) is 4.90 Å². The Balaban J connectivity index is 1.53. The van der Waals surface area contributed by atoms with Crippen molar-refractivity contribution >= 4 is 11.8 Å². The van der Waals surface area contributed by atoms with Crippen molar-refractivity contribution in [1.82, 2.24) is 10.2 Å². The van der Waals surface area contributed by atoms with Gasteiger partial charge in [0, 0.05) is 35.8 Å². The molecule has 0 saturated heterocycles. The molecule has 0 radical (unpaired) electrons. The molecule has 1 N–H and O–H groups in total. The van der Waals surface area contributed by atoms with Crippen LogP contribution in [0.4, 0.5) is 0 Å². The fourth-order valence-electron chi connectivity index (χ4n) is 2.05. The number of benzene rings is 1. The van der Waals surface area contributed by atoms with Crippen LogP contribution in [0.3, 0.4) is 0 Å². The zero-order valence-electron chi connectivity index (χ0n) is 11.4. The number of hydrogen-bond acceptors (Lipinski definition) is 3. The molecule has 1 aromatic rings. The van der Waals surface area contributed by atoms with Crippen LogP contribution in [0.15, 0.2) is 35.2 Å². The Morgan fingerprint density at radius 1 is 1.33 bits per heavy atom. The number of thioether (sulfide) groups is 1. The number of hydrogen-bond donors (Lipinski definition) is 1. The van der Waals surface area contributed by atoms with E-state index in [1.807, 2.05) is 11.8 Å². The van der Waals surface area contributed by atoms with E-state index >= 15 is 0 Å². The first kappa shape index (κ1) is 13.9. The van der Waals surface area contributed by atoms with Gasteiger partial charge in [-0.25, -0.2) is 0 Å². The molecule has 1 saturated carbocycles. The molecule has 2 rings (SSSR count). The minimum absolute atomic E-state index is 0.652. The fraction of sp³-hybridized carbons (Fsp3) is 0.600. The molecule has 0 bridgehead atoms. The highest BCUT2D eigenvalue weighted by Crippen LogP contribution is 2.26. The number of rotatable bonds is 8. The van der Waals surface area contributed by atoms with Gasteiger partial charge in [-0.2, -0.15) is 0 Å². The number of nitrogens with one attached hydrogen (secondary N) is 1. The van der Waals surface area contributed by atoms with Gasteiger partial charge in [0.25, 0.3) is 0 Å². The molecular weight excluding hydrogens is 240 g/mol. The van der Waals surface area contributed by atoms with Crippen LogP contribution in [-0.4, -0.2) is 42.9 Å². The number of likely N-dealkylation sites (N-methyl/N-ethyl adjacent to an activating group) is 1. The lowest BCUT2D eigenvalue weighted by Crippen LogP contribution is -2.39. The predicted molar refractivity (Wildman–Crippen MR) is 80.3 cm³/mol. The molecule has 3 heteroatoms. The zero-order valence-corrected chi connectivity index (χ0v) is 12.2. The summed E-state index contributed by atoms with van der Waals surface area (Å²) in [6, 6.07) is 12.1. The van der Waals surface area contributed by atoms with E-state index in [-0.39, 0.29) is 0 Å². The van der Waals surface area contributed by atoms with Crippen molar-refractivity contribution in [2.75, 3.05) is 25.9 Å². The summed E-state index contributed by atoms with van der Waals surface area (Å²) in [6.45, 7) is 4.50. The summed E-state index contributed by atoms with van der Waals surface area (Å²) < 4.78 is 0. The van der Waals surface area contributed by atoms with Gasteiger partial charge in [-0.15, -0.1) is 11.8 Å². The molecule has 1 aromatic carbocycles. The Bertz CT molecular complexity index is 338. The van der Waals surface area contributed by atoms with Crippen LogP contribution in [0.25, 0.3) is 0 Å². The molecule has 2 nitrogen and oxygen atoms in total. The minimum atomic E-state index is 0.652. The summed E-state index contributed by atoms with van der Waals surface area (Å²) in [5.41, 5.74) is 0. The van der Waals surface area contributed by atoms with Crippen LogP contribution in [-0.2, 0) is 0 Å². The van der Waals surface area contributed by atoms with Gasteiger partial charge >= 0.3 is 0 Å². The highest BCUT2D eigenvalue weighted by atomic mass is 32.2. The van der Waals surface area contributed by atoms with Gasteiger partial charge in [0.15, 0.2) is 0 Å². The zero-order chi connectivity index (χ0) is 12.8. The number of nitrogens with zero attached hydrogens (tertiary/aromatic N) is 1. The molecule has 1 fully saturated rings. The molecule has 0 heterocycles. The van der Waals surface area contributed by atoms with Crippen LogP contribution < -0.4 is 5.32 Å². The van der Waals surface area contributed by atoms with Crippen molar-refractivity contribution < 1.29 is 0 Å². The molecular formula is C15H24N2S. The van der Waals surface area contributed by atoms with Crippen LogP contribution >= 0.6 is 11.8 Å². The third kappa shape index (κ3) is 4.63. The molecule has 1 aliphatic carbocycles. The van der Waals surface area contributed by atoms with Gasteiger partial charge in [0.2, 0.25) is 0 Å². The van der Waals surface area contributed by atoms with E-state index in [4.69, 9.17) is 0 Å². The normalized spacial score (nSPS) is 17.1. The molecule has 0 spiro atoms. The highest BCUT2D eigenvalue weighted by molar-refractivity contribution is 7.99. The average Bonchev–Trinajstić information content (AvgIpc) is 3.23. The van der Waals surface area contributed by atoms with Crippen molar-refractivity contribution in [2.24, 2.45) is 0 Å². The van der Waals surface area contributed by atoms with Gasteiger partial charge < -0.3 is 5.32 Å². The first-order valence-corrected chi connectivity index (χ1v) is 7.86. The maximum Gasteiger partial charge on any atom is 0.0192 e. The van der Waals surface area contributed by atoms with Crippen molar-refractivity contribution in [3.63, 3.8) is 0 Å². The van der Waals surface area contributed by atoms with Crippen LogP contribution in [0.1, 0.15) is 19.8 Å². The molecule has 0 amide bonds. The summed E-state index contributed by atoms with van der Waals surface area (Å²) in [4.78, 5) is 3.87. The fourth-order valence-corrected chi connectivity index (χ4v) is 2.89. The van der Waals surface area contributed by atoms with Crippen molar-refractivity contribution in [3.8, 4) is 0 Å². The lowest BCUT2D eigenvalue weighted by molar-refractivity contribution is 0.242. The Hall–Kier alpha value is -0.510. The summed E-state index contributed by atoms with van der Waals surface area (Å²) >= 11 is 1.92. The summed E-state index contributed by atoms with van der Waals surface area (Å²) in [5, 5.41) is 3.56. The molecule has 1 aliphatic rings. The van der Waals surface area contributed by atoms with E-state index in [1.54, 1.807) is 0 Å². The Labute approximate surface area is 115 Å². The Morgan fingerprint density at radius 3 is 2.72 bits per heavy atom. The van der Waals surface area contributed by atoms with Crippen LogP contribution in [0, 0.1) is 0 Å². The Kier molecular flexibility index (Phi) is 5.54. The first-order valence-electron chi connectivity index (χ1n) is 6.88. The monoisotopic (exact) mass is 264 g/mol. The summed E-state index contributed by atoms with van der Waals surface area (Å²) in [5.74, 6) is 1.14. The van der Waals surface area contributed by atoms with E-state index in [1.165, 1.54) is 17.7 Å². The largest absolute Gasteiger partial charge is 0.314 e. The van der Waals surface area contributed by atoms with Gasteiger partial charge in [0.05, 0.1) is 0 Å². The van der Waals surface area contributed by atoms with E-state index < -0.39 is 0 Å². The minimum Gasteiger partial charge on any atom is -0.314 e. The summed E-state index contributed by atoms with van der Waals surface area (Å²) in [7, 11) is 2.25. The van der Waals surface area contributed by atoms with Crippen LogP contribution in [0.5, 0.6) is 0 Å². The molecule has 18 heavy (non-hydrogen) atoms. The molecule has 0 aliphatic heterocycles. The SMILES string of the molecule is CC(CNCCSc1ccccc1)N(C)C1CC1. The van der Waals surface area contributed by atoms with E-state index in [9.17, 15) is 0 Å². The lowest BCUT2D eigenvalue weighted by Gasteiger charge is -2.24. The van der Waals surface area contributed by atoms with E-state index in [0.29, 0.717) is 6.04 Å². The van der Waals surface area contributed by atoms with E-state index in [2.05, 4.69) is 54.5 Å².